The molecular weight excluding hydrogens is 323 g/mol. The van der Waals surface area contributed by atoms with Gasteiger partial charge in [0.05, 0.1) is 4.92 Å². The van der Waals surface area contributed by atoms with Crippen LogP contribution < -0.4 is 5.73 Å². The minimum Gasteiger partial charge on any atom is -0.502 e. The van der Waals surface area contributed by atoms with Crippen LogP contribution >= 0.6 is 28.3 Å². The number of nitro groups is 1. The molecule has 3 N–H and O–H groups in total. The van der Waals surface area contributed by atoms with Crippen molar-refractivity contribution < 1.29 is 10.0 Å². The van der Waals surface area contributed by atoms with Crippen molar-refractivity contribution in [2.45, 2.75) is 26.3 Å². The molecule has 0 aliphatic carbocycles. The van der Waals surface area contributed by atoms with Gasteiger partial charge < -0.3 is 10.8 Å². The fraction of sp³-hybridized carbons (Fsp3) is 0.455. The van der Waals surface area contributed by atoms with E-state index in [1.54, 1.807) is 6.07 Å². The third-order valence-electron chi connectivity index (χ3n) is 2.41. The minimum absolute atomic E-state index is 0. The van der Waals surface area contributed by atoms with Gasteiger partial charge in [0.2, 0.25) is 0 Å². The molecule has 0 radical (unpaired) electrons. The minimum atomic E-state index is -0.619. The summed E-state index contributed by atoms with van der Waals surface area (Å²) in [6.45, 7) is 4.01. The van der Waals surface area contributed by atoms with Crippen LogP contribution in [0.4, 0.5) is 5.69 Å². The molecule has 0 aliphatic heterocycles. The maximum absolute atomic E-state index is 10.8. The van der Waals surface area contributed by atoms with Crippen LogP contribution in [0.25, 0.3) is 0 Å². The first kappa shape index (κ1) is 17.2. The molecule has 0 amide bonds. The van der Waals surface area contributed by atoms with Crippen LogP contribution in [0.5, 0.6) is 5.75 Å². The lowest BCUT2D eigenvalue weighted by atomic mass is 9.97. The number of halogens is 2. The lowest BCUT2D eigenvalue weighted by molar-refractivity contribution is -0.386. The number of hydrogen-bond acceptors (Lipinski definition) is 4. The predicted molar refractivity (Wildman–Crippen MR) is 76.1 cm³/mol. The number of rotatable bonds is 4. The summed E-state index contributed by atoms with van der Waals surface area (Å²) in [7, 11) is 0. The Labute approximate surface area is 120 Å². The number of nitrogens with zero attached hydrogens (tertiary/aromatic N) is 1. The van der Waals surface area contributed by atoms with Crippen molar-refractivity contribution >= 4 is 34.0 Å². The van der Waals surface area contributed by atoms with Crippen LogP contribution in [-0.2, 0) is 0 Å². The summed E-state index contributed by atoms with van der Waals surface area (Å²) in [6, 6.07) is 2.47. The van der Waals surface area contributed by atoms with Gasteiger partial charge in [-0.2, -0.15) is 0 Å². The number of benzene rings is 1. The Hall–Kier alpha value is -0.850. The number of phenolic OH excluding ortho intramolecular Hbond substituents is 1. The summed E-state index contributed by atoms with van der Waals surface area (Å²) in [5.41, 5.74) is 6.01. The van der Waals surface area contributed by atoms with E-state index in [0.717, 1.165) is 0 Å². The zero-order chi connectivity index (χ0) is 13.2. The molecule has 0 spiro atoms. The first-order chi connectivity index (χ1) is 7.82. The zero-order valence-electron chi connectivity index (χ0n) is 10.1. The van der Waals surface area contributed by atoms with Crippen molar-refractivity contribution in [2.75, 3.05) is 0 Å². The predicted octanol–water partition coefficient (Wildman–Crippen LogP) is 3.53. The molecule has 0 unspecified atom stereocenters. The van der Waals surface area contributed by atoms with E-state index in [2.05, 4.69) is 15.9 Å². The van der Waals surface area contributed by atoms with Crippen molar-refractivity contribution in [3.8, 4) is 5.75 Å². The molecule has 102 valence electrons. The summed E-state index contributed by atoms with van der Waals surface area (Å²) >= 11 is 3.18. The summed E-state index contributed by atoms with van der Waals surface area (Å²) in [5, 5.41) is 20.6. The molecule has 1 rings (SSSR count). The molecule has 0 aliphatic rings. The van der Waals surface area contributed by atoms with E-state index in [9.17, 15) is 15.2 Å². The van der Waals surface area contributed by atoms with Gasteiger partial charge in [0.15, 0.2) is 5.75 Å². The van der Waals surface area contributed by atoms with Gasteiger partial charge in [0, 0.05) is 22.1 Å². The Balaban J connectivity index is 0.00000289. The summed E-state index contributed by atoms with van der Waals surface area (Å²) in [5.74, 6) is 0.00814. The van der Waals surface area contributed by atoms with Crippen LogP contribution in [0.2, 0.25) is 0 Å². The standard InChI is InChI=1S/C11H15BrN2O3.ClH/c1-6(2)3-9(13)8-4-7(12)5-10(11(8)15)14(16)17;/h4-6,9,15H,3,13H2,1-2H3;1H/t9-;/m0./s1. The van der Waals surface area contributed by atoms with Crippen LogP contribution in [-0.4, -0.2) is 10.0 Å². The van der Waals surface area contributed by atoms with E-state index in [0.29, 0.717) is 22.4 Å². The third-order valence-corrected chi connectivity index (χ3v) is 2.86. The molecular formula is C11H16BrClN2O3. The summed E-state index contributed by atoms with van der Waals surface area (Å²) in [6.07, 6.45) is 0.654. The van der Waals surface area contributed by atoms with Crippen molar-refractivity contribution in [1.29, 1.82) is 0 Å². The van der Waals surface area contributed by atoms with Crippen LogP contribution in [0.3, 0.4) is 0 Å². The van der Waals surface area contributed by atoms with E-state index < -0.39 is 11.0 Å². The van der Waals surface area contributed by atoms with Crippen molar-refractivity contribution in [3.63, 3.8) is 0 Å². The van der Waals surface area contributed by atoms with Crippen LogP contribution in [0, 0.1) is 16.0 Å². The Morgan fingerprint density at radius 1 is 1.50 bits per heavy atom. The lowest BCUT2D eigenvalue weighted by Crippen LogP contribution is -2.13. The second kappa shape index (κ2) is 6.92. The average molecular weight is 340 g/mol. The molecule has 1 atom stereocenters. The molecule has 1 aromatic rings. The molecule has 1 aromatic carbocycles. The van der Waals surface area contributed by atoms with E-state index in [1.807, 2.05) is 13.8 Å². The van der Waals surface area contributed by atoms with Gasteiger partial charge in [-0.05, 0) is 18.4 Å². The van der Waals surface area contributed by atoms with Gasteiger partial charge in [-0.15, -0.1) is 12.4 Å². The van der Waals surface area contributed by atoms with Gasteiger partial charge in [-0.1, -0.05) is 29.8 Å². The van der Waals surface area contributed by atoms with Gasteiger partial charge in [-0.3, -0.25) is 10.1 Å². The van der Waals surface area contributed by atoms with E-state index in [-0.39, 0.29) is 23.8 Å². The number of nitrogens with two attached hydrogens (primary N) is 1. The highest BCUT2D eigenvalue weighted by Crippen LogP contribution is 2.37. The average Bonchev–Trinajstić information content (AvgIpc) is 2.19. The van der Waals surface area contributed by atoms with Crippen molar-refractivity contribution in [2.24, 2.45) is 11.7 Å². The fourth-order valence-electron chi connectivity index (χ4n) is 1.66. The summed E-state index contributed by atoms with van der Waals surface area (Å²) < 4.78 is 0.538. The first-order valence-corrected chi connectivity index (χ1v) is 6.04. The fourth-order valence-corrected chi connectivity index (χ4v) is 2.13. The maximum atomic E-state index is 10.8. The smallest absolute Gasteiger partial charge is 0.312 e. The zero-order valence-corrected chi connectivity index (χ0v) is 12.5. The first-order valence-electron chi connectivity index (χ1n) is 5.25. The highest BCUT2D eigenvalue weighted by molar-refractivity contribution is 9.10. The molecule has 0 aromatic heterocycles. The van der Waals surface area contributed by atoms with Crippen molar-refractivity contribution in [3.05, 3.63) is 32.3 Å². The van der Waals surface area contributed by atoms with Crippen LogP contribution in [0.15, 0.2) is 16.6 Å². The molecule has 5 nitrogen and oxygen atoms in total. The normalized spacial score (nSPS) is 12.1. The SMILES string of the molecule is CC(C)C[C@H](N)c1cc(Br)cc([N+](=O)[O-])c1O.Cl. The van der Waals surface area contributed by atoms with Crippen molar-refractivity contribution in [1.82, 2.24) is 0 Å². The largest absolute Gasteiger partial charge is 0.502 e. The van der Waals surface area contributed by atoms with Gasteiger partial charge in [0.25, 0.3) is 0 Å². The molecule has 0 heterocycles. The second-order valence-corrected chi connectivity index (χ2v) is 5.27. The molecule has 7 heteroatoms. The number of hydrogen-bond donors (Lipinski definition) is 2. The Morgan fingerprint density at radius 2 is 2.06 bits per heavy atom. The quantitative estimate of drug-likeness (QED) is 0.648. The highest BCUT2D eigenvalue weighted by Gasteiger charge is 2.22. The molecule has 0 saturated heterocycles. The lowest BCUT2D eigenvalue weighted by Gasteiger charge is -2.16. The van der Waals surface area contributed by atoms with E-state index >= 15 is 0 Å². The molecule has 0 fully saturated rings. The Bertz CT molecular complexity index is 441. The Kier molecular flexibility index (Phi) is 6.59. The van der Waals surface area contributed by atoms with E-state index in [1.165, 1.54) is 6.07 Å². The molecule has 0 saturated carbocycles. The Morgan fingerprint density at radius 3 is 2.50 bits per heavy atom. The van der Waals surface area contributed by atoms with E-state index in [4.69, 9.17) is 5.73 Å². The van der Waals surface area contributed by atoms with Gasteiger partial charge >= 0.3 is 5.69 Å². The van der Waals surface area contributed by atoms with Gasteiger partial charge in [-0.25, -0.2) is 0 Å². The summed E-state index contributed by atoms with van der Waals surface area (Å²) in [4.78, 5) is 10.1. The van der Waals surface area contributed by atoms with Gasteiger partial charge in [0.1, 0.15) is 0 Å². The van der Waals surface area contributed by atoms with Crippen LogP contribution in [0.1, 0.15) is 31.9 Å². The third kappa shape index (κ3) is 4.12. The number of nitro benzene ring substituents is 1. The number of aromatic hydroxyl groups is 1. The monoisotopic (exact) mass is 338 g/mol. The maximum Gasteiger partial charge on any atom is 0.312 e. The molecule has 0 bridgehead atoms. The highest BCUT2D eigenvalue weighted by atomic mass is 79.9. The topological polar surface area (TPSA) is 89.4 Å². The number of phenols is 1. The second-order valence-electron chi connectivity index (χ2n) is 4.36. The molecule has 18 heavy (non-hydrogen) atoms.